The molecule has 1 heterocycles. The number of hydrogen-bond acceptors (Lipinski definition) is 5. The molecule has 2 rings (SSSR count). The van der Waals surface area contributed by atoms with E-state index in [9.17, 15) is 9.90 Å². The van der Waals surface area contributed by atoms with Crippen LogP contribution in [0.5, 0.6) is 17.2 Å². The largest absolute Gasteiger partial charge is 0.506 e. The standard InChI is InChI=1S/C16H18N2O4/c1-11(10-22-15-5-3-14(21-2)4-6-15)18-16(20)12-7-13(19)9-17-8-12/h3-9,11,19H,10H2,1-2H3,(H,18,20)/t11-/m0/s1. The molecule has 22 heavy (non-hydrogen) atoms. The number of pyridine rings is 1. The first-order valence-electron chi connectivity index (χ1n) is 6.80. The number of methoxy groups -OCH3 is 1. The second kappa shape index (κ2) is 7.31. The van der Waals surface area contributed by atoms with E-state index >= 15 is 0 Å². The molecule has 0 saturated heterocycles. The summed E-state index contributed by atoms with van der Waals surface area (Å²) in [7, 11) is 1.60. The summed E-state index contributed by atoms with van der Waals surface area (Å²) in [5, 5.41) is 12.1. The molecular formula is C16H18N2O4. The molecule has 1 aromatic heterocycles. The number of carbonyl (C=O) groups is 1. The molecule has 0 unspecified atom stereocenters. The first-order chi connectivity index (χ1) is 10.6. The van der Waals surface area contributed by atoms with Crippen molar-refractivity contribution in [2.45, 2.75) is 13.0 Å². The third kappa shape index (κ3) is 4.37. The Bertz CT molecular complexity index is 628. The van der Waals surface area contributed by atoms with Gasteiger partial charge in [0.2, 0.25) is 0 Å². The van der Waals surface area contributed by atoms with Gasteiger partial charge in [0.05, 0.1) is 24.9 Å². The van der Waals surface area contributed by atoms with E-state index in [1.54, 1.807) is 31.4 Å². The number of nitrogens with one attached hydrogen (secondary N) is 1. The number of nitrogens with zero attached hydrogens (tertiary/aromatic N) is 1. The molecule has 0 radical (unpaired) electrons. The van der Waals surface area contributed by atoms with Crippen LogP contribution in [0.25, 0.3) is 0 Å². The zero-order chi connectivity index (χ0) is 15.9. The van der Waals surface area contributed by atoms with Crippen molar-refractivity contribution in [2.24, 2.45) is 0 Å². The summed E-state index contributed by atoms with van der Waals surface area (Å²) in [5.74, 6) is 1.09. The molecule has 0 spiro atoms. The molecule has 116 valence electrons. The molecule has 1 amide bonds. The van der Waals surface area contributed by atoms with E-state index in [4.69, 9.17) is 9.47 Å². The van der Waals surface area contributed by atoms with Gasteiger partial charge in [-0.15, -0.1) is 0 Å². The molecule has 1 aromatic carbocycles. The van der Waals surface area contributed by atoms with Crippen LogP contribution in [0.2, 0.25) is 0 Å². The molecule has 0 aliphatic carbocycles. The Kier molecular flexibility index (Phi) is 5.19. The first-order valence-corrected chi connectivity index (χ1v) is 6.80. The van der Waals surface area contributed by atoms with Gasteiger partial charge in [-0.25, -0.2) is 0 Å². The number of carbonyl (C=O) groups excluding carboxylic acids is 1. The zero-order valence-electron chi connectivity index (χ0n) is 12.4. The summed E-state index contributed by atoms with van der Waals surface area (Å²) in [6.07, 6.45) is 2.67. The third-order valence-electron chi connectivity index (χ3n) is 2.92. The predicted octanol–water partition coefficient (Wildman–Crippen LogP) is 1.99. The minimum atomic E-state index is -0.311. The fourth-order valence-electron chi connectivity index (χ4n) is 1.79. The fourth-order valence-corrected chi connectivity index (χ4v) is 1.79. The van der Waals surface area contributed by atoms with Crippen molar-refractivity contribution in [3.05, 3.63) is 48.3 Å². The lowest BCUT2D eigenvalue weighted by Gasteiger charge is -2.15. The van der Waals surface area contributed by atoms with Crippen LogP contribution in [0.3, 0.4) is 0 Å². The average Bonchev–Trinajstić information content (AvgIpc) is 2.53. The number of aromatic hydroxyl groups is 1. The summed E-state index contributed by atoms with van der Waals surface area (Å²) >= 11 is 0. The Balaban J connectivity index is 1.84. The highest BCUT2D eigenvalue weighted by molar-refractivity contribution is 5.94. The van der Waals surface area contributed by atoms with E-state index < -0.39 is 0 Å². The topological polar surface area (TPSA) is 80.7 Å². The minimum Gasteiger partial charge on any atom is -0.506 e. The SMILES string of the molecule is COc1ccc(OC[C@H](C)NC(=O)c2cncc(O)c2)cc1. The van der Waals surface area contributed by atoms with E-state index in [-0.39, 0.29) is 17.7 Å². The van der Waals surface area contributed by atoms with Crippen LogP contribution in [-0.4, -0.2) is 35.8 Å². The molecule has 0 aliphatic heterocycles. The highest BCUT2D eigenvalue weighted by Crippen LogP contribution is 2.17. The van der Waals surface area contributed by atoms with Crippen molar-refractivity contribution >= 4 is 5.91 Å². The van der Waals surface area contributed by atoms with Gasteiger partial charge in [-0.1, -0.05) is 0 Å². The summed E-state index contributed by atoms with van der Waals surface area (Å²) in [4.78, 5) is 15.7. The quantitative estimate of drug-likeness (QED) is 0.853. The molecule has 6 heteroatoms. The average molecular weight is 302 g/mol. The molecular weight excluding hydrogens is 284 g/mol. The van der Waals surface area contributed by atoms with E-state index in [1.165, 1.54) is 18.5 Å². The van der Waals surface area contributed by atoms with E-state index in [2.05, 4.69) is 10.3 Å². The maximum absolute atomic E-state index is 12.0. The van der Waals surface area contributed by atoms with Crippen molar-refractivity contribution in [1.82, 2.24) is 10.3 Å². The Morgan fingerprint density at radius 3 is 2.59 bits per heavy atom. The van der Waals surface area contributed by atoms with Gasteiger partial charge in [0.25, 0.3) is 5.91 Å². The maximum Gasteiger partial charge on any atom is 0.253 e. The number of rotatable bonds is 6. The van der Waals surface area contributed by atoms with Crippen LogP contribution in [0.1, 0.15) is 17.3 Å². The Morgan fingerprint density at radius 2 is 1.95 bits per heavy atom. The van der Waals surface area contributed by atoms with Gasteiger partial charge < -0.3 is 19.9 Å². The minimum absolute atomic E-state index is 0.0465. The van der Waals surface area contributed by atoms with Gasteiger partial charge in [-0.05, 0) is 37.3 Å². The number of amides is 1. The normalized spacial score (nSPS) is 11.5. The summed E-state index contributed by atoms with van der Waals surface area (Å²) in [6.45, 7) is 2.15. The van der Waals surface area contributed by atoms with Crippen molar-refractivity contribution in [3.8, 4) is 17.2 Å². The smallest absolute Gasteiger partial charge is 0.253 e. The molecule has 2 N–H and O–H groups in total. The second-order valence-electron chi connectivity index (χ2n) is 4.79. The van der Waals surface area contributed by atoms with Gasteiger partial charge in [-0.3, -0.25) is 9.78 Å². The highest BCUT2D eigenvalue weighted by atomic mass is 16.5. The number of ether oxygens (including phenoxy) is 2. The van der Waals surface area contributed by atoms with Gasteiger partial charge in [0.1, 0.15) is 23.9 Å². The van der Waals surface area contributed by atoms with Gasteiger partial charge in [-0.2, -0.15) is 0 Å². The number of aromatic nitrogens is 1. The monoisotopic (exact) mass is 302 g/mol. The summed E-state index contributed by atoms with van der Waals surface area (Å²) in [6, 6.07) is 8.36. The van der Waals surface area contributed by atoms with Crippen LogP contribution in [0.4, 0.5) is 0 Å². The molecule has 2 aromatic rings. The van der Waals surface area contributed by atoms with Crippen molar-refractivity contribution < 1.29 is 19.4 Å². The fraction of sp³-hybridized carbons (Fsp3) is 0.250. The first kappa shape index (κ1) is 15.6. The van der Waals surface area contributed by atoms with Crippen LogP contribution in [0, 0.1) is 0 Å². The van der Waals surface area contributed by atoms with Gasteiger partial charge in [0, 0.05) is 6.20 Å². The lowest BCUT2D eigenvalue weighted by atomic mass is 10.2. The number of hydrogen-bond donors (Lipinski definition) is 2. The summed E-state index contributed by atoms with van der Waals surface area (Å²) in [5.41, 5.74) is 0.302. The Morgan fingerprint density at radius 1 is 1.27 bits per heavy atom. The van der Waals surface area contributed by atoms with Crippen LogP contribution in [0.15, 0.2) is 42.7 Å². The van der Waals surface area contributed by atoms with Crippen molar-refractivity contribution in [1.29, 1.82) is 0 Å². The molecule has 0 fully saturated rings. The zero-order valence-corrected chi connectivity index (χ0v) is 12.4. The van der Waals surface area contributed by atoms with Crippen LogP contribution < -0.4 is 14.8 Å². The Labute approximate surface area is 128 Å². The summed E-state index contributed by atoms with van der Waals surface area (Å²) < 4.78 is 10.7. The Hall–Kier alpha value is -2.76. The van der Waals surface area contributed by atoms with E-state index in [1.807, 2.05) is 6.92 Å². The molecule has 0 bridgehead atoms. The molecule has 0 aliphatic rings. The predicted molar refractivity (Wildman–Crippen MR) is 81.3 cm³/mol. The number of benzene rings is 1. The molecule has 6 nitrogen and oxygen atoms in total. The third-order valence-corrected chi connectivity index (χ3v) is 2.92. The van der Waals surface area contributed by atoms with Crippen LogP contribution >= 0.6 is 0 Å². The van der Waals surface area contributed by atoms with E-state index in [0.717, 1.165) is 5.75 Å². The lowest BCUT2D eigenvalue weighted by molar-refractivity contribution is 0.0926. The molecule has 1 atom stereocenters. The lowest BCUT2D eigenvalue weighted by Crippen LogP contribution is -2.36. The van der Waals surface area contributed by atoms with Gasteiger partial charge >= 0.3 is 0 Å². The molecule has 0 saturated carbocycles. The highest BCUT2D eigenvalue weighted by Gasteiger charge is 2.11. The van der Waals surface area contributed by atoms with Crippen molar-refractivity contribution in [2.75, 3.05) is 13.7 Å². The van der Waals surface area contributed by atoms with E-state index in [0.29, 0.717) is 17.9 Å². The maximum atomic E-state index is 12.0. The second-order valence-corrected chi connectivity index (χ2v) is 4.79. The van der Waals surface area contributed by atoms with Crippen molar-refractivity contribution in [3.63, 3.8) is 0 Å². The van der Waals surface area contributed by atoms with Crippen LogP contribution in [-0.2, 0) is 0 Å². The van der Waals surface area contributed by atoms with Gasteiger partial charge in [0.15, 0.2) is 0 Å².